The summed E-state index contributed by atoms with van der Waals surface area (Å²) in [4.78, 5) is 2.15. The molecule has 1 aromatic rings. The van der Waals surface area contributed by atoms with Crippen molar-refractivity contribution in [1.82, 2.24) is 10.2 Å². The average Bonchev–Trinajstić information content (AvgIpc) is 3.10. The minimum absolute atomic E-state index is 0.267. The van der Waals surface area contributed by atoms with Crippen LogP contribution in [0.1, 0.15) is 24.2 Å². The first-order chi connectivity index (χ1) is 9.12. The maximum atomic E-state index is 11.4. The van der Waals surface area contributed by atoms with Crippen molar-refractivity contribution in [3.05, 3.63) is 23.7 Å². The molecule has 0 bridgehead atoms. The van der Waals surface area contributed by atoms with Gasteiger partial charge in [0.2, 0.25) is 0 Å². The Hall–Kier alpha value is -0.850. The van der Waals surface area contributed by atoms with Crippen LogP contribution in [0.25, 0.3) is 0 Å². The Morgan fingerprint density at radius 3 is 2.74 bits per heavy atom. The van der Waals surface area contributed by atoms with Crippen LogP contribution in [0.2, 0.25) is 0 Å². The van der Waals surface area contributed by atoms with Gasteiger partial charge in [-0.3, -0.25) is 4.90 Å². The molecule has 2 aliphatic rings. The Balaban J connectivity index is 1.55. The number of nitrogens with one attached hydrogen (secondary N) is 1. The predicted molar refractivity (Wildman–Crippen MR) is 72.5 cm³/mol. The quantitative estimate of drug-likeness (QED) is 0.865. The lowest BCUT2D eigenvalue weighted by Crippen LogP contribution is -2.39. The van der Waals surface area contributed by atoms with E-state index in [1.165, 1.54) is 18.4 Å². The Kier molecular flexibility index (Phi) is 3.64. The number of nitrogens with zero attached hydrogens (tertiary/aromatic N) is 1. The molecule has 106 valence electrons. The summed E-state index contributed by atoms with van der Waals surface area (Å²) in [6, 6.07) is 2.69. The van der Waals surface area contributed by atoms with Crippen LogP contribution < -0.4 is 5.32 Å². The summed E-state index contributed by atoms with van der Waals surface area (Å²) in [5.74, 6) is 1.50. The molecule has 0 aromatic carbocycles. The van der Waals surface area contributed by atoms with Gasteiger partial charge in [0.1, 0.15) is 5.76 Å². The largest absolute Gasteiger partial charge is 0.468 e. The normalized spacial score (nSPS) is 23.6. The monoisotopic (exact) mass is 284 g/mol. The molecule has 1 aliphatic heterocycles. The summed E-state index contributed by atoms with van der Waals surface area (Å²) in [5.41, 5.74) is 1.19. The third kappa shape index (κ3) is 3.58. The summed E-state index contributed by atoms with van der Waals surface area (Å²) in [6.45, 7) is 2.78. The maximum absolute atomic E-state index is 11.4. The standard InChI is InChI=1S/C13H20N2O3S/c16-19(17)7-4-15(5-8-19)10-13-11(3-6-18-13)9-14-12-1-2-12/h3,6,12,14H,1-2,4-5,7-10H2. The van der Waals surface area contributed by atoms with E-state index in [-0.39, 0.29) is 11.5 Å². The van der Waals surface area contributed by atoms with E-state index in [1.807, 2.05) is 6.07 Å². The average molecular weight is 284 g/mol. The zero-order valence-corrected chi connectivity index (χ0v) is 11.8. The van der Waals surface area contributed by atoms with Crippen LogP contribution in [-0.4, -0.2) is 44.0 Å². The fourth-order valence-electron chi connectivity index (χ4n) is 2.32. The first-order valence-corrected chi connectivity index (χ1v) is 8.66. The van der Waals surface area contributed by atoms with E-state index in [9.17, 15) is 8.42 Å². The second kappa shape index (κ2) is 5.26. The van der Waals surface area contributed by atoms with Gasteiger partial charge in [-0.15, -0.1) is 0 Å². The van der Waals surface area contributed by atoms with Gasteiger partial charge in [0, 0.05) is 31.2 Å². The van der Waals surface area contributed by atoms with Gasteiger partial charge >= 0.3 is 0 Å². The summed E-state index contributed by atoms with van der Waals surface area (Å²) in [7, 11) is -2.80. The molecule has 3 rings (SSSR count). The van der Waals surface area contributed by atoms with Gasteiger partial charge in [-0.2, -0.15) is 0 Å². The van der Waals surface area contributed by atoms with Crippen molar-refractivity contribution in [2.75, 3.05) is 24.6 Å². The number of hydrogen-bond donors (Lipinski definition) is 1. The van der Waals surface area contributed by atoms with Crippen LogP contribution in [0.5, 0.6) is 0 Å². The van der Waals surface area contributed by atoms with Gasteiger partial charge in [-0.1, -0.05) is 0 Å². The zero-order chi connectivity index (χ0) is 13.3. The van der Waals surface area contributed by atoms with Crippen molar-refractivity contribution in [3.63, 3.8) is 0 Å². The van der Waals surface area contributed by atoms with Crippen molar-refractivity contribution in [2.45, 2.75) is 32.0 Å². The second-order valence-corrected chi connectivity index (χ2v) is 7.76. The van der Waals surface area contributed by atoms with E-state index < -0.39 is 9.84 Å². The highest BCUT2D eigenvalue weighted by Crippen LogP contribution is 2.21. The Bertz CT molecular complexity index is 520. The molecule has 19 heavy (non-hydrogen) atoms. The maximum Gasteiger partial charge on any atom is 0.152 e. The number of furan rings is 1. The molecular formula is C13H20N2O3S. The topological polar surface area (TPSA) is 62.6 Å². The van der Waals surface area contributed by atoms with E-state index in [0.717, 1.165) is 12.3 Å². The number of hydrogen-bond acceptors (Lipinski definition) is 5. The Morgan fingerprint density at radius 2 is 2.05 bits per heavy atom. The molecule has 1 N–H and O–H groups in total. The molecule has 0 atom stereocenters. The van der Waals surface area contributed by atoms with Crippen LogP contribution in [0.3, 0.4) is 0 Å². The molecule has 1 aliphatic carbocycles. The molecule has 2 heterocycles. The summed E-state index contributed by atoms with van der Waals surface area (Å²) >= 11 is 0. The van der Waals surface area contributed by atoms with Gasteiger partial charge in [0.15, 0.2) is 9.84 Å². The minimum Gasteiger partial charge on any atom is -0.468 e. The predicted octanol–water partition coefficient (Wildman–Crippen LogP) is 0.762. The third-order valence-corrected chi connectivity index (χ3v) is 5.41. The molecule has 2 fully saturated rings. The molecule has 6 heteroatoms. The molecular weight excluding hydrogens is 264 g/mol. The van der Waals surface area contributed by atoms with E-state index >= 15 is 0 Å². The highest BCUT2D eigenvalue weighted by Gasteiger charge is 2.24. The number of sulfone groups is 1. The van der Waals surface area contributed by atoms with Gasteiger partial charge < -0.3 is 9.73 Å². The van der Waals surface area contributed by atoms with Gasteiger partial charge in [0.05, 0.1) is 24.3 Å². The van der Waals surface area contributed by atoms with Crippen molar-refractivity contribution >= 4 is 9.84 Å². The van der Waals surface area contributed by atoms with Crippen LogP contribution in [0.4, 0.5) is 0 Å². The second-order valence-electron chi connectivity index (χ2n) is 5.45. The SMILES string of the molecule is O=S1(=O)CCN(Cc2occc2CNC2CC2)CC1. The van der Waals surface area contributed by atoms with Crippen molar-refractivity contribution in [3.8, 4) is 0 Å². The van der Waals surface area contributed by atoms with E-state index in [1.54, 1.807) is 6.26 Å². The molecule has 0 unspecified atom stereocenters. The summed E-state index contributed by atoms with van der Waals surface area (Å²) < 4.78 is 28.3. The fraction of sp³-hybridized carbons (Fsp3) is 0.692. The first-order valence-electron chi connectivity index (χ1n) is 6.84. The highest BCUT2D eigenvalue weighted by atomic mass is 32.2. The zero-order valence-electron chi connectivity index (χ0n) is 11.0. The lowest BCUT2D eigenvalue weighted by Gasteiger charge is -2.25. The van der Waals surface area contributed by atoms with Crippen molar-refractivity contribution < 1.29 is 12.8 Å². The fourth-order valence-corrected chi connectivity index (χ4v) is 3.59. The molecule has 0 spiro atoms. The van der Waals surface area contributed by atoms with Gasteiger partial charge in [0.25, 0.3) is 0 Å². The molecule has 1 aromatic heterocycles. The lowest BCUT2D eigenvalue weighted by molar-refractivity contribution is 0.261. The Labute approximate surface area is 113 Å². The summed E-state index contributed by atoms with van der Waals surface area (Å²) in [5, 5.41) is 3.48. The van der Waals surface area contributed by atoms with Crippen LogP contribution in [-0.2, 0) is 22.9 Å². The lowest BCUT2D eigenvalue weighted by atomic mass is 10.2. The van der Waals surface area contributed by atoms with E-state index in [2.05, 4.69) is 10.2 Å². The van der Waals surface area contributed by atoms with Crippen LogP contribution >= 0.6 is 0 Å². The van der Waals surface area contributed by atoms with E-state index in [4.69, 9.17) is 4.42 Å². The van der Waals surface area contributed by atoms with Crippen LogP contribution in [0, 0.1) is 0 Å². The molecule has 1 saturated heterocycles. The molecule has 0 amide bonds. The highest BCUT2D eigenvalue weighted by molar-refractivity contribution is 7.91. The minimum atomic E-state index is -2.80. The van der Waals surface area contributed by atoms with Crippen molar-refractivity contribution in [2.24, 2.45) is 0 Å². The Morgan fingerprint density at radius 1 is 1.32 bits per heavy atom. The van der Waals surface area contributed by atoms with E-state index in [0.29, 0.717) is 25.7 Å². The molecule has 0 radical (unpaired) electrons. The summed E-state index contributed by atoms with van der Waals surface area (Å²) in [6.07, 6.45) is 4.27. The molecule has 5 nitrogen and oxygen atoms in total. The molecule has 1 saturated carbocycles. The van der Waals surface area contributed by atoms with Crippen LogP contribution in [0.15, 0.2) is 16.7 Å². The number of rotatable bonds is 5. The smallest absolute Gasteiger partial charge is 0.152 e. The van der Waals surface area contributed by atoms with Gasteiger partial charge in [-0.25, -0.2) is 8.42 Å². The third-order valence-electron chi connectivity index (χ3n) is 3.80. The van der Waals surface area contributed by atoms with Crippen molar-refractivity contribution in [1.29, 1.82) is 0 Å². The van der Waals surface area contributed by atoms with Gasteiger partial charge in [-0.05, 0) is 18.9 Å². The first kappa shape index (κ1) is 13.1.